The third-order valence-corrected chi connectivity index (χ3v) is 5.98. The van der Waals surface area contributed by atoms with E-state index in [9.17, 15) is 4.79 Å². The van der Waals surface area contributed by atoms with E-state index in [-0.39, 0.29) is 0 Å². The highest BCUT2D eigenvalue weighted by Gasteiger charge is 2.11. The molecule has 0 saturated heterocycles. The zero-order valence-corrected chi connectivity index (χ0v) is 18.3. The van der Waals surface area contributed by atoms with Gasteiger partial charge in [-0.2, -0.15) is 0 Å². The van der Waals surface area contributed by atoms with Crippen LogP contribution >= 0.6 is 0 Å². The Morgan fingerprint density at radius 3 is 1.82 bits per heavy atom. The largest absolute Gasteiger partial charge is 0.298 e. The zero-order valence-electron chi connectivity index (χ0n) is 18.3. The van der Waals surface area contributed by atoms with Gasteiger partial charge in [-0.3, -0.25) is 4.79 Å². The molecule has 28 heavy (non-hydrogen) atoms. The van der Waals surface area contributed by atoms with E-state index >= 15 is 0 Å². The van der Waals surface area contributed by atoms with Crippen LogP contribution in [-0.4, -0.2) is 6.29 Å². The average Bonchev–Trinajstić information content (AvgIpc) is 2.73. The fraction of sp³-hybridized carbons (Fsp3) is 0.593. The number of hydrogen-bond donors (Lipinski definition) is 0. The van der Waals surface area contributed by atoms with Crippen molar-refractivity contribution >= 4 is 17.1 Å². The molecule has 0 fully saturated rings. The maximum atomic E-state index is 11.8. The highest BCUT2D eigenvalue weighted by atomic mass is 16.1. The molecular weight excluding hydrogens is 340 g/mol. The van der Waals surface area contributed by atoms with Gasteiger partial charge in [-0.1, -0.05) is 102 Å². The second-order valence-corrected chi connectivity index (χ2v) is 8.30. The second-order valence-electron chi connectivity index (χ2n) is 8.30. The summed E-state index contributed by atoms with van der Waals surface area (Å²) in [5.41, 5.74) is 3.56. The lowest BCUT2D eigenvalue weighted by Crippen LogP contribution is -2.00. The Bertz CT molecular complexity index is 701. The molecule has 0 amide bonds. The van der Waals surface area contributed by atoms with Gasteiger partial charge in [0.1, 0.15) is 6.29 Å². The van der Waals surface area contributed by atoms with Crippen molar-refractivity contribution in [3.63, 3.8) is 0 Å². The first-order valence-corrected chi connectivity index (χ1v) is 11.8. The number of aryl methyl sites for hydroxylation is 2. The van der Waals surface area contributed by atoms with Crippen LogP contribution in [0.3, 0.4) is 0 Å². The van der Waals surface area contributed by atoms with Gasteiger partial charge in [-0.25, -0.2) is 0 Å². The number of unbranched alkanes of at least 4 members (excludes halogenated alkanes) is 10. The van der Waals surface area contributed by atoms with Gasteiger partial charge in [0.25, 0.3) is 0 Å². The summed E-state index contributed by atoms with van der Waals surface area (Å²) in [6, 6.07) is 10.9. The third kappa shape index (κ3) is 7.08. The fourth-order valence-corrected chi connectivity index (χ4v) is 4.30. The highest BCUT2D eigenvalue weighted by molar-refractivity contribution is 5.95. The predicted octanol–water partition coefficient (Wildman–Crippen LogP) is 8.46. The zero-order chi connectivity index (χ0) is 20.0. The number of carbonyl (C=O) groups excluding carboxylic acids is 1. The first-order valence-electron chi connectivity index (χ1n) is 11.8. The second kappa shape index (κ2) is 13.5. The number of rotatable bonds is 15. The molecule has 0 atom stereocenters. The van der Waals surface area contributed by atoms with Crippen LogP contribution in [0.25, 0.3) is 10.8 Å². The third-order valence-electron chi connectivity index (χ3n) is 5.98. The normalized spacial score (nSPS) is 11.2. The van der Waals surface area contributed by atoms with Crippen molar-refractivity contribution in [2.45, 2.75) is 104 Å². The lowest BCUT2D eigenvalue weighted by Gasteiger charge is -2.14. The summed E-state index contributed by atoms with van der Waals surface area (Å²) in [6.45, 7) is 4.52. The van der Waals surface area contributed by atoms with Crippen molar-refractivity contribution in [1.29, 1.82) is 0 Å². The van der Waals surface area contributed by atoms with Gasteiger partial charge in [0, 0.05) is 5.56 Å². The number of aldehydes is 1. The van der Waals surface area contributed by atoms with Gasteiger partial charge in [-0.15, -0.1) is 0 Å². The van der Waals surface area contributed by atoms with Crippen molar-refractivity contribution in [3.05, 3.63) is 47.0 Å². The summed E-state index contributed by atoms with van der Waals surface area (Å²) in [7, 11) is 0. The molecule has 0 aliphatic rings. The number of hydrogen-bond acceptors (Lipinski definition) is 1. The summed E-state index contributed by atoms with van der Waals surface area (Å²) >= 11 is 0. The minimum absolute atomic E-state index is 0.924. The molecule has 1 nitrogen and oxygen atoms in total. The van der Waals surface area contributed by atoms with Crippen LogP contribution in [0.4, 0.5) is 0 Å². The van der Waals surface area contributed by atoms with Gasteiger partial charge >= 0.3 is 0 Å². The SMILES string of the molecule is CCCCCCCCCc1c(C=O)cc(CCCCCCC)c2ccccc12. The number of carbonyl (C=O) groups is 1. The van der Waals surface area contributed by atoms with E-state index < -0.39 is 0 Å². The van der Waals surface area contributed by atoms with Crippen LogP contribution in [0.15, 0.2) is 30.3 Å². The van der Waals surface area contributed by atoms with E-state index in [0.29, 0.717) is 0 Å². The molecule has 2 aromatic carbocycles. The van der Waals surface area contributed by atoms with Crippen molar-refractivity contribution < 1.29 is 4.79 Å². The van der Waals surface area contributed by atoms with Crippen LogP contribution < -0.4 is 0 Å². The van der Waals surface area contributed by atoms with Crippen molar-refractivity contribution in [2.75, 3.05) is 0 Å². The molecule has 0 spiro atoms. The van der Waals surface area contributed by atoms with E-state index in [0.717, 1.165) is 24.7 Å². The molecule has 0 radical (unpaired) electrons. The Morgan fingerprint density at radius 2 is 1.21 bits per heavy atom. The molecule has 0 aliphatic carbocycles. The van der Waals surface area contributed by atoms with E-state index in [2.05, 4.69) is 44.2 Å². The molecule has 0 N–H and O–H groups in total. The lowest BCUT2D eigenvalue weighted by atomic mass is 9.90. The molecule has 0 saturated carbocycles. The van der Waals surface area contributed by atoms with Gasteiger partial charge in [0.15, 0.2) is 0 Å². The molecule has 1 heteroatoms. The van der Waals surface area contributed by atoms with Crippen LogP contribution in [0.5, 0.6) is 0 Å². The summed E-state index contributed by atoms with van der Waals surface area (Å²) < 4.78 is 0. The Hall–Kier alpha value is -1.63. The summed E-state index contributed by atoms with van der Waals surface area (Å²) in [4.78, 5) is 11.8. The number of benzene rings is 2. The van der Waals surface area contributed by atoms with E-state index in [1.165, 1.54) is 98.9 Å². The van der Waals surface area contributed by atoms with Gasteiger partial charge in [0.05, 0.1) is 0 Å². The minimum Gasteiger partial charge on any atom is -0.298 e. The summed E-state index contributed by atoms with van der Waals surface area (Å²) in [5, 5.41) is 2.67. The van der Waals surface area contributed by atoms with E-state index in [4.69, 9.17) is 0 Å². The Kier molecular flexibility index (Phi) is 10.9. The Labute approximate surface area is 172 Å². The van der Waals surface area contributed by atoms with Gasteiger partial charge in [-0.05, 0) is 53.6 Å². The molecule has 0 heterocycles. The van der Waals surface area contributed by atoms with Crippen LogP contribution in [0.2, 0.25) is 0 Å². The van der Waals surface area contributed by atoms with E-state index in [1.54, 1.807) is 0 Å². The Balaban J connectivity index is 2.04. The smallest absolute Gasteiger partial charge is 0.150 e. The van der Waals surface area contributed by atoms with Crippen LogP contribution in [0.1, 0.15) is 112 Å². The number of fused-ring (bicyclic) bond motifs is 1. The molecule has 0 unspecified atom stereocenters. The first-order chi connectivity index (χ1) is 13.8. The van der Waals surface area contributed by atoms with Gasteiger partial charge < -0.3 is 0 Å². The predicted molar refractivity (Wildman–Crippen MR) is 123 cm³/mol. The monoisotopic (exact) mass is 380 g/mol. The first kappa shape index (κ1) is 22.7. The fourth-order valence-electron chi connectivity index (χ4n) is 4.30. The minimum atomic E-state index is 0.924. The maximum Gasteiger partial charge on any atom is 0.150 e. The van der Waals surface area contributed by atoms with E-state index in [1.807, 2.05) is 0 Å². The quantitative estimate of drug-likeness (QED) is 0.224. The van der Waals surface area contributed by atoms with Crippen LogP contribution in [-0.2, 0) is 12.8 Å². The molecule has 2 rings (SSSR count). The van der Waals surface area contributed by atoms with Crippen LogP contribution in [0, 0.1) is 0 Å². The standard InChI is InChI=1S/C27H40O/c1-3-5-7-9-10-12-14-18-26-24(22-28)21-23(17-13-11-8-6-4-2)25-19-15-16-20-27(25)26/h15-16,19-22H,3-14,17-18H2,1-2H3. The van der Waals surface area contributed by atoms with Crippen molar-refractivity contribution in [1.82, 2.24) is 0 Å². The van der Waals surface area contributed by atoms with Crippen molar-refractivity contribution in [3.8, 4) is 0 Å². The molecule has 0 aliphatic heterocycles. The average molecular weight is 381 g/mol. The summed E-state index contributed by atoms with van der Waals surface area (Å²) in [5.74, 6) is 0. The lowest BCUT2D eigenvalue weighted by molar-refractivity contribution is 0.112. The topological polar surface area (TPSA) is 17.1 Å². The molecular formula is C27H40O. The maximum absolute atomic E-state index is 11.8. The van der Waals surface area contributed by atoms with Gasteiger partial charge in [0.2, 0.25) is 0 Å². The molecule has 154 valence electrons. The molecule has 0 bridgehead atoms. The van der Waals surface area contributed by atoms with Crippen molar-refractivity contribution in [2.24, 2.45) is 0 Å². The summed E-state index contributed by atoms with van der Waals surface area (Å²) in [6.07, 6.45) is 18.8. The Morgan fingerprint density at radius 1 is 0.679 bits per heavy atom. The molecule has 0 aromatic heterocycles. The molecule has 2 aromatic rings. The highest BCUT2D eigenvalue weighted by Crippen LogP contribution is 2.29.